The number of amides is 2. The third kappa shape index (κ3) is 6.74. The van der Waals surface area contributed by atoms with Gasteiger partial charge in [0.15, 0.2) is 12.0 Å². The van der Waals surface area contributed by atoms with Gasteiger partial charge in [-0.3, -0.25) is 14.5 Å². The topological polar surface area (TPSA) is 149 Å². The van der Waals surface area contributed by atoms with Crippen LogP contribution in [0.1, 0.15) is 31.7 Å². The number of piperidine rings is 1. The van der Waals surface area contributed by atoms with E-state index in [4.69, 9.17) is 9.47 Å². The van der Waals surface area contributed by atoms with Gasteiger partial charge in [0.05, 0.1) is 31.4 Å². The van der Waals surface area contributed by atoms with Crippen LogP contribution in [0.5, 0.6) is 5.75 Å². The molecular formula is C34H38FN9O4. The van der Waals surface area contributed by atoms with E-state index in [0.717, 1.165) is 44.2 Å². The van der Waals surface area contributed by atoms with Gasteiger partial charge in [0.2, 0.25) is 17.8 Å². The zero-order valence-corrected chi connectivity index (χ0v) is 26.7. The maximum absolute atomic E-state index is 15.2. The fourth-order valence-electron chi connectivity index (χ4n) is 6.80. The number of ether oxygens (including phenoxy) is 2. The highest BCUT2D eigenvalue weighted by Gasteiger charge is 2.38. The minimum Gasteiger partial charge on any atom is -0.486 e. The Kier molecular flexibility index (Phi) is 9.05. The maximum Gasteiger partial charge on any atom is 0.245 e. The number of halogens is 1. The molecule has 0 radical (unpaired) electrons. The molecule has 7 rings (SSSR count). The number of carbonyl (C=O) groups excluding carboxylic acids is 2. The molecular weight excluding hydrogens is 617 g/mol. The molecule has 4 aliphatic rings. The predicted octanol–water partition coefficient (Wildman–Crippen LogP) is 2.66. The molecule has 0 unspecified atom stereocenters. The number of carbonyl (C=O) groups is 2. The second-order valence-corrected chi connectivity index (χ2v) is 12.8. The molecule has 1 aromatic heterocycles. The average molecular weight is 656 g/mol. The number of alkyl halides is 1. The van der Waals surface area contributed by atoms with Crippen LogP contribution in [0.3, 0.4) is 0 Å². The van der Waals surface area contributed by atoms with Gasteiger partial charge in [-0.2, -0.15) is 10.2 Å². The number of nitriles is 1. The first-order valence-corrected chi connectivity index (χ1v) is 16.4. The number of aromatic nitrogens is 3. The Bertz CT molecular complexity index is 1700. The molecule has 14 heteroatoms. The summed E-state index contributed by atoms with van der Waals surface area (Å²) < 4.78 is 26.5. The lowest BCUT2D eigenvalue weighted by atomic mass is 10.0. The van der Waals surface area contributed by atoms with Crippen LogP contribution < -0.4 is 20.3 Å². The summed E-state index contributed by atoms with van der Waals surface area (Å²) in [6.45, 7) is 7.05. The highest BCUT2D eigenvalue weighted by molar-refractivity contribution is 5.90. The first-order valence-electron chi connectivity index (χ1n) is 16.4. The molecule has 3 aromatic rings. The Morgan fingerprint density at radius 1 is 1.10 bits per heavy atom. The SMILES string of the molecule is C[C@@H]1CN(c2ccc(Nc3ncnc(-c4ccc(O[C@H]5CCN(C(=O)[C@@H]6CCC(=O)N6)C[C@@H]5F)c(C#N)c4)n3)cc2)CCN1C1COC1. The third-order valence-electron chi connectivity index (χ3n) is 9.55. The van der Waals surface area contributed by atoms with Crippen LogP contribution in [0.4, 0.5) is 21.7 Å². The second kappa shape index (κ2) is 13.7. The minimum absolute atomic E-state index is 0.133. The number of piperazine rings is 1. The van der Waals surface area contributed by atoms with Gasteiger partial charge in [-0.05, 0) is 55.8 Å². The van der Waals surface area contributed by atoms with Gasteiger partial charge in [-0.25, -0.2) is 14.4 Å². The normalized spacial score (nSPS) is 24.8. The number of anilines is 3. The summed E-state index contributed by atoms with van der Waals surface area (Å²) in [5.74, 6) is 0.532. The van der Waals surface area contributed by atoms with Crippen LogP contribution in [0.2, 0.25) is 0 Å². The molecule has 0 bridgehead atoms. The number of likely N-dealkylation sites (tertiary alicyclic amines) is 1. The van der Waals surface area contributed by atoms with Crippen molar-refractivity contribution in [2.45, 2.75) is 56.6 Å². The van der Waals surface area contributed by atoms with E-state index in [0.29, 0.717) is 48.8 Å². The number of hydrogen-bond donors (Lipinski definition) is 2. The van der Waals surface area contributed by atoms with E-state index in [1.165, 1.54) is 11.2 Å². The van der Waals surface area contributed by atoms with Crippen molar-refractivity contribution in [2.24, 2.45) is 0 Å². The van der Waals surface area contributed by atoms with E-state index in [9.17, 15) is 14.9 Å². The first-order chi connectivity index (χ1) is 23.3. The summed E-state index contributed by atoms with van der Waals surface area (Å²) in [5, 5.41) is 15.8. The van der Waals surface area contributed by atoms with Crippen LogP contribution in [0.25, 0.3) is 11.4 Å². The van der Waals surface area contributed by atoms with Crippen molar-refractivity contribution >= 4 is 29.1 Å². The molecule has 4 saturated heterocycles. The number of benzene rings is 2. The van der Waals surface area contributed by atoms with Crippen molar-refractivity contribution in [3.8, 4) is 23.2 Å². The average Bonchev–Trinajstić information content (AvgIpc) is 3.52. The van der Waals surface area contributed by atoms with Crippen LogP contribution in [0, 0.1) is 11.3 Å². The van der Waals surface area contributed by atoms with E-state index < -0.39 is 18.3 Å². The van der Waals surface area contributed by atoms with Gasteiger partial charge < -0.3 is 29.9 Å². The third-order valence-corrected chi connectivity index (χ3v) is 9.55. The van der Waals surface area contributed by atoms with Crippen molar-refractivity contribution in [2.75, 3.05) is 56.2 Å². The van der Waals surface area contributed by atoms with Gasteiger partial charge >= 0.3 is 0 Å². The maximum atomic E-state index is 15.2. The van der Waals surface area contributed by atoms with Crippen molar-refractivity contribution in [1.29, 1.82) is 5.26 Å². The van der Waals surface area contributed by atoms with Gasteiger partial charge in [0, 0.05) is 62.0 Å². The summed E-state index contributed by atoms with van der Waals surface area (Å²) in [5.41, 5.74) is 2.79. The highest BCUT2D eigenvalue weighted by atomic mass is 19.1. The quantitative estimate of drug-likeness (QED) is 0.369. The van der Waals surface area contributed by atoms with Crippen LogP contribution in [-0.2, 0) is 14.3 Å². The molecule has 2 N–H and O–H groups in total. The zero-order valence-electron chi connectivity index (χ0n) is 26.7. The molecule has 48 heavy (non-hydrogen) atoms. The monoisotopic (exact) mass is 655 g/mol. The van der Waals surface area contributed by atoms with Gasteiger partial charge in [0.1, 0.15) is 30.3 Å². The molecule has 2 amide bonds. The van der Waals surface area contributed by atoms with Crippen molar-refractivity contribution in [3.63, 3.8) is 0 Å². The lowest BCUT2D eigenvalue weighted by Gasteiger charge is -2.47. The summed E-state index contributed by atoms with van der Waals surface area (Å²) in [6, 6.07) is 15.7. The van der Waals surface area contributed by atoms with E-state index in [2.05, 4.69) is 60.5 Å². The molecule has 4 fully saturated rings. The minimum atomic E-state index is -1.45. The highest BCUT2D eigenvalue weighted by Crippen LogP contribution is 2.30. The Balaban J connectivity index is 0.961. The molecule has 250 valence electrons. The molecule has 4 atom stereocenters. The molecule has 4 aliphatic heterocycles. The van der Waals surface area contributed by atoms with Crippen molar-refractivity contribution in [3.05, 3.63) is 54.4 Å². The zero-order chi connectivity index (χ0) is 33.2. The van der Waals surface area contributed by atoms with Gasteiger partial charge in [-0.15, -0.1) is 0 Å². The predicted molar refractivity (Wildman–Crippen MR) is 174 cm³/mol. The summed E-state index contributed by atoms with van der Waals surface area (Å²) >= 11 is 0. The van der Waals surface area contributed by atoms with Crippen molar-refractivity contribution < 1.29 is 23.5 Å². The molecule has 2 aromatic carbocycles. The fourth-order valence-corrected chi connectivity index (χ4v) is 6.80. The van der Waals surface area contributed by atoms with Gasteiger partial charge in [-0.1, -0.05) is 0 Å². The number of rotatable bonds is 8. The lowest BCUT2D eigenvalue weighted by Crippen LogP contribution is -2.60. The molecule has 13 nitrogen and oxygen atoms in total. The summed E-state index contributed by atoms with van der Waals surface area (Å²) in [4.78, 5) is 43.7. The van der Waals surface area contributed by atoms with Crippen LogP contribution in [-0.4, -0.2) is 113 Å². The van der Waals surface area contributed by atoms with Crippen LogP contribution in [0.15, 0.2) is 48.8 Å². The smallest absolute Gasteiger partial charge is 0.245 e. The second-order valence-electron chi connectivity index (χ2n) is 12.8. The fraction of sp³-hybridized carbons (Fsp3) is 0.471. The molecule has 0 spiro atoms. The largest absolute Gasteiger partial charge is 0.486 e. The number of hydrogen-bond acceptors (Lipinski definition) is 11. The van der Waals surface area contributed by atoms with Crippen LogP contribution >= 0.6 is 0 Å². The Labute approximate surface area is 278 Å². The standard InChI is InChI=1S/C34H38FN9O4/c1-21-16-42(12-13-44(21)26-18-47-19-26)25-5-3-24(4-6-25)39-34-38-20-37-32(41-34)22-2-8-29(23(14-22)15-36)48-30-10-11-43(17-27(30)35)33(46)28-7-9-31(45)40-28/h2-6,8,14,20-21,26-28,30H,7,9-13,16-19H2,1H3,(H,40,45)(H,37,38,39,41)/t21-,27+,28+,30+/m1/s1. The van der Waals surface area contributed by atoms with E-state index in [-0.39, 0.29) is 36.1 Å². The summed E-state index contributed by atoms with van der Waals surface area (Å²) in [7, 11) is 0. The van der Waals surface area contributed by atoms with E-state index >= 15 is 4.39 Å². The number of nitrogens with zero attached hydrogens (tertiary/aromatic N) is 7. The summed E-state index contributed by atoms with van der Waals surface area (Å²) in [6.07, 6.45) is 0.120. The van der Waals surface area contributed by atoms with Gasteiger partial charge in [0.25, 0.3) is 0 Å². The molecule has 5 heterocycles. The Morgan fingerprint density at radius 2 is 1.94 bits per heavy atom. The lowest BCUT2D eigenvalue weighted by molar-refractivity contribution is -0.138. The van der Waals surface area contributed by atoms with Crippen molar-refractivity contribution in [1.82, 2.24) is 30.1 Å². The Morgan fingerprint density at radius 3 is 2.62 bits per heavy atom. The molecule has 0 aliphatic carbocycles. The van der Waals surface area contributed by atoms with E-state index in [1.807, 2.05) is 12.1 Å². The van der Waals surface area contributed by atoms with E-state index in [1.54, 1.807) is 18.2 Å². The first kappa shape index (κ1) is 31.7. The molecule has 0 saturated carbocycles. The Hall–Kier alpha value is -4.87. The number of nitrogens with one attached hydrogen (secondary N) is 2.